The van der Waals surface area contributed by atoms with Crippen molar-refractivity contribution in [3.05, 3.63) is 143 Å². The molecule has 4 atom stereocenters. The zero-order valence-corrected chi connectivity index (χ0v) is 38.8. The monoisotopic (exact) mass is 866 g/mol. The topological polar surface area (TPSA) is 112 Å². The third-order valence-electron chi connectivity index (χ3n) is 13.2. The van der Waals surface area contributed by atoms with Gasteiger partial charge in [0.1, 0.15) is 5.75 Å². The molecule has 1 N–H and O–H groups in total. The van der Waals surface area contributed by atoms with Crippen molar-refractivity contribution in [3.63, 3.8) is 0 Å². The minimum Gasteiger partial charge on any atom is -0.497 e. The summed E-state index contributed by atoms with van der Waals surface area (Å²) in [4.78, 5) is 47.5. The number of allylic oxidation sites excluding steroid dienone is 3. The van der Waals surface area contributed by atoms with Gasteiger partial charge in [0.15, 0.2) is 5.60 Å². The van der Waals surface area contributed by atoms with Gasteiger partial charge in [-0.2, -0.15) is 5.10 Å². The third-order valence-corrected chi connectivity index (χ3v) is 17.6. The first-order valence-electron chi connectivity index (χ1n) is 22.2. The van der Waals surface area contributed by atoms with Gasteiger partial charge in [0.05, 0.1) is 51.4 Å². The molecule has 0 unspecified atom stereocenters. The van der Waals surface area contributed by atoms with E-state index < -0.39 is 19.8 Å². The number of amides is 3. The van der Waals surface area contributed by atoms with Gasteiger partial charge in [-0.15, -0.1) is 0 Å². The Morgan fingerprint density at radius 3 is 2.32 bits per heavy atom. The highest BCUT2D eigenvalue weighted by molar-refractivity contribution is 6.91. The van der Waals surface area contributed by atoms with E-state index in [0.717, 1.165) is 46.3 Å². The number of nitrogens with zero attached hydrogens (tertiary/aromatic N) is 4. The summed E-state index contributed by atoms with van der Waals surface area (Å²) < 4.78 is 12.9. The van der Waals surface area contributed by atoms with Gasteiger partial charge in [0.2, 0.25) is 11.8 Å². The Bertz CT molecular complexity index is 2380. The van der Waals surface area contributed by atoms with Gasteiger partial charge in [0.25, 0.3) is 5.91 Å². The molecule has 0 saturated carbocycles. The van der Waals surface area contributed by atoms with Crippen molar-refractivity contribution in [1.29, 1.82) is 0 Å². The summed E-state index contributed by atoms with van der Waals surface area (Å²) >= 11 is 0. The van der Waals surface area contributed by atoms with E-state index in [1.807, 2.05) is 95.9 Å². The fraction of sp³-hybridized carbons (Fsp3) is 0.385. The maximum Gasteiger partial charge on any atom is 0.264 e. The summed E-state index contributed by atoms with van der Waals surface area (Å²) in [7, 11) is -0.958. The van der Waals surface area contributed by atoms with Crippen molar-refractivity contribution in [2.24, 2.45) is 11.0 Å². The summed E-state index contributed by atoms with van der Waals surface area (Å²) in [6.07, 6.45) is 6.35. The van der Waals surface area contributed by atoms with E-state index in [4.69, 9.17) is 14.6 Å². The van der Waals surface area contributed by atoms with E-state index in [0.29, 0.717) is 37.2 Å². The summed E-state index contributed by atoms with van der Waals surface area (Å²) in [5, 5.41) is 17.7. The first kappa shape index (κ1) is 45.4. The van der Waals surface area contributed by atoms with Crippen molar-refractivity contribution in [2.45, 2.75) is 96.7 Å². The quantitative estimate of drug-likeness (QED) is 0.0890. The van der Waals surface area contributed by atoms with Crippen LogP contribution in [0.5, 0.6) is 5.75 Å². The fourth-order valence-electron chi connectivity index (χ4n) is 9.86. The molecular weight excluding hydrogens is 805 g/mol. The molecule has 3 heterocycles. The highest BCUT2D eigenvalue weighted by atomic mass is 28.3. The molecule has 1 spiro atoms. The number of hydrogen-bond donors (Lipinski definition) is 1. The molecule has 1 saturated heterocycles. The third kappa shape index (κ3) is 9.37. The van der Waals surface area contributed by atoms with Crippen molar-refractivity contribution in [2.75, 3.05) is 36.7 Å². The largest absolute Gasteiger partial charge is 0.497 e. The smallest absolute Gasteiger partial charge is 0.264 e. The zero-order chi connectivity index (χ0) is 44.9. The minimum absolute atomic E-state index is 0.0250. The van der Waals surface area contributed by atoms with Crippen LogP contribution in [0.15, 0.2) is 132 Å². The van der Waals surface area contributed by atoms with Crippen LogP contribution in [0.3, 0.4) is 0 Å². The molecule has 4 aromatic carbocycles. The molecule has 63 heavy (non-hydrogen) atoms. The van der Waals surface area contributed by atoms with E-state index in [1.165, 1.54) is 16.2 Å². The van der Waals surface area contributed by atoms with Crippen LogP contribution in [0.2, 0.25) is 18.6 Å². The van der Waals surface area contributed by atoms with E-state index in [2.05, 4.69) is 65.1 Å². The molecule has 11 heteroatoms. The number of rotatable bonds is 16. The van der Waals surface area contributed by atoms with E-state index in [-0.39, 0.29) is 48.8 Å². The Morgan fingerprint density at radius 2 is 1.65 bits per heavy atom. The average Bonchev–Trinajstić information content (AvgIpc) is 3.71. The van der Waals surface area contributed by atoms with Crippen LogP contribution >= 0.6 is 0 Å². The standard InChI is InChI=1S/C52H62N4O6Si/c1-36(2)15-14-16-37(3)29-30-55-46-27-21-41(56-48(58)28-26-45(53-56)40-19-12-9-13-20-40)33-44(46)52(51(55)60)38(4)50(63(6,7)43-24-22-42(61-5)23-25-43)47(62-52)34-49(59)54(31-32-57)35-39-17-10-8-11-18-39/h8-13,15,17-25,27,29,33,38,47,50,57H,14,16,26,28,30-32,34-35H2,1-7H3/b37-29+/t38-,47+,50-,52+/m1/s1. The van der Waals surface area contributed by atoms with Crippen LogP contribution in [0.25, 0.3) is 0 Å². The molecule has 3 amide bonds. The number of aliphatic hydroxyl groups excluding tert-OH is 1. The van der Waals surface area contributed by atoms with Gasteiger partial charge in [-0.25, -0.2) is 5.01 Å². The Balaban J connectivity index is 1.34. The second-order valence-electron chi connectivity index (χ2n) is 18.0. The molecule has 3 aliphatic rings. The summed E-state index contributed by atoms with van der Waals surface area (Å²) in [5.74, 6) is -0.0868. The molecule has 7 rings (SSSR count). The van der Waals surface area contributed by atoms with Crippen molar-refractivity contribution >= 4 is 48.1 Å². The Morgan fingerprint density at radius 1 is 0.952 bits per heavy atom. The first-order chi connectivity index (χ1) is 30.3. The van der Waals surface area contributed by atoms with Gasteiger partial charge in [-0.05, 0) is 80.6 Å². The number of methoxy groups -OCH3 is 1. The van der Waals surface area contributed by atoms with Crippen LogP contribution in [0.1, 0.15) is 76.5 Å². The normalized spacial score (nSPS) is 21.1. The van der Waals surface area contributed by atoms with Crippen LogP contribution in [-0.4, -0.2) is 74.4 Å². The Labute approximate surface area is 373 Å². The molecule has 0 radical (unpaired) electrons. The number of ether oxygens (including phenoxy) is 2. The SMILES string of the molecule is COc1ccc([Si](C)(C)[C@H]2[C@H](CC(=O)N(CCO)Cc3ccccc3)O[C@@]3(C(=O)N(C/C=C(\C)CCC=C(C)C)c4ccc(N5N=C(c6ccccc6)CCC5=O)cc43)[C@@H]2C)cc1. The second-order valence-corrected chi connectivity index (χ2v) is 22.7. The summed E-state index contributed by atoms with van der Waals surface area (Å²) in [5.41, 5.74) is 5.47. The Hall–Kier alpha value is -5.62. The molecule has 0 aromatic heterocycles. The molecule has 4 aromatic rings. The van der Waals surface area contributed by atoms with Crippen LogP contribution in [0.4, 0.5) is 11.4 Å². The number of hydrogen-bond acceptors (Lipinski definition) is 7. The molecule has 0 aliphatic carbocycles. The molecular formula is C52H62N4O6Si. The maximum absolute atomic E-state index is 15.6. The lowest BCUT2D eigenvalue weighted by molar-refractivity contribution is -0.149. The van der Waals surface area contributed by atoms with Crippen LogP contribution in [0, 0.1) is 5.92 Å². The zero-order valence-electron chi connectivity index (χ0n) is 37.8. The minimum atomic E-state index is -2.61. The van der Waals surface area contributed by atoms with Crippen molar-refractivity contribution in [1.82, 2.24) is 4.90 Å². The van der Waals surface area contributed by atoms with Crippen molar-refractivity contribution in [3.8, 4) is 5.75 Å². The lowest BCUT2D eigenvalue weighted by Crippen LogP contribution is -2.52. The van der Waals surface area contributed by atoms with Gasteiger partial charge in [-0.3, -0.25) is 14.4 Å². The fourth-order valence-corrected chi connectivity index (χ4v) is 13.9. The number of hydrazone groups is 1. The number of carbonyl (C=O) groups is 3. The number of aliphatic hydroxyl groups is 1. The van der Waals surface area contributed by atoms with E-state index >= 15 is 4.79 Å². The van der Waals surface area contributed by atoms with Gasteiger partial charge in [-0.1, -0.05) is 121 Å². The highest BCUT2D eigenvalue weighted by Gasteiger charge is 2.66. The van der Waals surface area contributed by atoms with Crippen LogP contribution in [-0.2, 0) is 31.3 Å². The highest BCUT2D eigenvalue weighted by Crippen LogP contribution is 2.60. The van der Waals surface area contributed by atoms with Crippen LogP contribution < -0.4 is 19.8 Å². The predicted octanol–water partition coefficient (Wildman–Crippen LogP) is 8.89. The number of benzene rings is 4. The second kappa shape index (κ2) is 19.4. The average molecular weight is 867 g/mol. The number of fused-ring (bicyclic) bond motifs is 2. The van der Waals surface area contributed by atoms with E-state index in [1.54, 1.807) is 12.0 Å². The van der Waals surface area contributed by atoms with Gasteiger partial charge in [0, 0.05) is 44.0 Å². The Kier molecular flexibility index (Phi) is 14.0. The molecule has 10 nitrogen and oxygen atoms in total. The lowest BCUT2D eigenvalue weighted by atomic mass is 9.82. The predicted molar refractivity (Wildman–Crippen MR) is 254 cm³/mol. The molecule has 1 fully saturated rings. The number of anilines is 2. The van der Waals surface area contributed by atoms with Gasteiger partial charge < -0.3 is 24.4 Å². The molecule has 0 bridgehead atoms. The van der Waals surface area contributed by atoms with E-state index in [9.17, 15) is 14.7 Å². The van der Waals surface area contributed by atoms with Crippen molar-refractivity contribution < 1.29 is 29.0 Å². The maximum atomic E-state index is 15.6. The molecule has 3 aliphatic heterocycles. The first-order valence-corrected chi connectivity index (χ1v) is 25.3. The van der Waals surface area contributed by atoms with Gasteiger partial charge >= 0.3 is 0 Å². The summed E-state index contributed by atoms with van der Waals surface area (Å²) in [6.45, 7) is 13.7. The summed E-state index contributed by atoms with van der Waals surface area (Å²) in [6, 6.07) is 33.6. The lowest BCUT2D eigenvalue weighted by Gasteiger charge is -2.37. The molecule has 330 valence electrons. The number of carbonyl (C=O) groups excluding carboxylic acids is 3.